The van der Waals surface area contributed by atoms with Crippen LogP contribution >= 0.6 is 11.3 Å². The number of nitrogens with zero attached hydrogens (tertiary/aromatic N) is 3. The van der Waals surface area contributed by atoms with Gasteiger partial charge in [-0.25, -0.2) is 17.7 Å². The molecule has 0 spiro atoms. The lowest BCUT2D eigenvalue weighted by Gasteiger charge is -2.21. The SMILES string of the molecule is O=S(=O)(C1CC1)N1CCCN(Cc2csc(C3CC3)n2)CC1. The summed E-state index contributed by atoms with van der Waals surface area (Å²) in [4.78, 5) is 7.10. The Morgan fingerprint density at radius 2 is 1.95 bits per heavy atom. The van der Waals surface area contributed by atoms with Crippen molar-refractivity contribution in [2.45, 2.75) is 49.8 Å². The van der Waals surface area contributed by atoms with Gasteiger partial charge >= 0.3 is 0 Å². The number of rotatable bonds is 5. The lowest BCUT2D eigenvalue weighted by molar-refractivity contribution is 0.276. The third kappa shape index (κ3) is 3.22. The van der Waals surface area contributed by atoms with E-state index in [1.165, 1.54) is 17.8 Å². The number of thiazole rings is 1. The van der Waals surface area contributed by atoms with Crippen molar-refractivity contribution in [3.63, 3.8) is 0 Å². The van der Waals surface area contributed by atoms with Crippen LogP contribution in [0.3, 0.4) is 0 Å². The van der Waals surface area contributed by atoms with Crippen molar-refractivity contribution in [2.75, 3.05) is 26.2 Å². The fraction of sp³-hybridized carbons (Fsp3) is 0.800. The highest BCUT2D eigenvalue weighted by molar-refractivity contribution is 7.90. The highest BCUT2D eigenvalue weighted by Crippen LogP contribution is 2.41. The van der Waals surface area contributed by atoms with Crippen LogP contribution in [-0.2, 0) is 16.6 Å². The first kappa shape index (κ1) is 15.1. The van der Waals surface area contributed by atoms with Gasteiger partial charge < -0.3 is 0 Å². The van der Waals surface area contributed by atoms with Crippen LogP contribution in [0.2, 0.25) is 0 Å². The normalized spacial score (nSPS) is 25.3. The summed E-state index contributed by atoms with van der Waals surface area (Å²) in [6.07, 6.45) is 5.22. The van der Waals surface area contributed by atoms with Crippen molar-refractivity contribution in [1.82, 2.24) is 14.2 Å². The summed E-state index contributed by atoms with van der Waals surface area (Å²) in [7, 11) is -3.01. The van der Waals surface area contributed by atoms with E-state index in [-0.39, 0.29) is 5.25 Å². The van der Waals surface area contributed by atoms with Gasteiger partial charge in [-0.05, 0) is 38.6 Å². The fourth-order valence-electron chi connectivity index (χ4n) is 3.08. The minimum Gasteiger partial charge on any atom is -0.296 e. The summed E-state index contributed by atoms with van der Waals surface area (Å²) < 4.78 is 26.4. The molecule has 5 nitrogen and oxygen atoms in total. The van der Waals surface area contributed by atoms with E-state index in [0.717, 1.165) is 50.5 Å². The highest BCUT2D eigenvalue weighted by atomic mass is 32.2. The Kier molecular flexibility index (Phi) is 4.00. The van der Waals surface area contributed by atoms with Crippen LogP contribution in [0.1, 0.15) is 48.7 Å². The average Bonchev–Trinajstić information content (AvgIpc) is 3.38. The summed E-state index contributed by atoms with van der Waals surface area (Å²) in [6, 6.07) is 0. The molecule has 2 aliphatic carbocycles. The van der Waals surface area contributed by atoms with Gasteiger partial charge in [-0.3, -0.25) is 4.90 Å². The molecule has 0 aromatic carbocycles. The maximum absolute atomic E-state index is 12.3. The quantitative estimate of drug-likeness (QED) is 0.822. The molecule has 2 saturated carbocycles. The van der Waals surface area contributed by atoms with Crippen LogP contribution in [0, 0.1) is 0 Å². The summed E-state index contributed by atoms with van der Waals surface area (Å²) in [5.74, 6) is 0.724. The Hall–Kier alpha value is -0.500. The number of aromatic nitrogens is 1. The first-order valence-corrected chi connectivity index (χ1v) is 10.7. The van der Waals surface area contributed by atoms with Gasteiger partial charge in [-0.1, -0.05) is 0 Å². The maximum atomic E-state index is 12.3. The average molecular weight is 342 g/mol. The third-order valence-electron chi connectivity index (χ3n) is 4.73. The molecule has 7 heteroatoms. The molecule has 0 N–H and O–H groups in total. The van der Waals surface area contributed by atoms with Crippen molar-refractivity contribution in [3.05, 3.63) is 16.1 Å². The molecule has 0 amide bonds. The van der Waals surface area contributed by atoms with E-state index in [1.807, 2.05) is 0 Å². The fourth-order valence-corrected chi connectivity index (χ4v) is 5.93. The molecular formula is C15H23N3O2S2. The molecule has 1 aliphatic heterocycles. The van der Waals surface area contributed by atoms with Crippen molar-refractivity contribution < 1.29 is 8.42 Å². The minimum absolute atomic E-state index is 0.0845. The van der Waals surface area contributed by atoms with Gasteiger partial charge in [-0.2, -0.15) is 0 Å². The van der Waals surface area contributed by atoms with Gasteiger partial charge in [0.1, 0.15) is 0 Å². The molecule has 0 unspecified atom stereocenters. The molecule has 2 heterocycles. The van der Waals surface area contributed by atoms with Gasteiger partial charge in [0.05, 0.1) is 16.0 Å². The number of sulfonamides is 1. The molecule has 1 aromatic heterocycles. The Morgan fingerprint density at radius 1 is 1.14 bits per heavy atom. The molecule has 4 rings (SSSR count). The molecule has 0 atom stereocenters. The molecular weight excluding hydrogens is 318 g/mol. The van der Waals surface area contributed by atoms with Crippen LogP contribution in [0.25, 0.3) is 0 Å². The Morgan fingerprint density at radius 3 is 2.68 bits per heavy atom. The van der Waals surface area contributed by atoms with E-state index < -0.39 is 10.0 Å². The largest absolute Gasteiger partial charge is 0.296 e. The number of hydrogen-bond donors (Lipinski definition) is 0. The van der Waals surface area contributed by atoms with E-state index >= 15 is 0 Å². The molecule has 122 valence electrons. The van der Waals surface area contributed by atoms with Crippen LogP contribution in [0.15, 0.2) is 5.38 Å². The molecule has 22 heavy (non-hydrogen) atoms. The highest BCUT2D eigenvalue weighted by Gasteiger charge is 2.40. The molecule has 3 fully saturated rings. The van der Waals surface area contributed by atoms with E-state index in [2.05, 4.69) is 10.3 Å². The third-order valence-corrected chi connectivity index (χ3v) is 8.19. The predicted molar refractivity (Wildman–Crippen MR) is 87.5 cm³/mol. The van der Waals surface area contributed by atoms with Crippen molar-refractivity contribution in [3.8, 4) is 0 Å². The van der Waals surface area contributed by atoms with Crippen LogP contribution < -0.4 is 0 Å². The first-order chi connectivity index (χ1) is 10.6. The van der Waals surface area contributed by atoms with Crippen LogP contribution in [-0.4, -0.2) is 54.0 Å². The first-order valence-electron chi connectivity index (χ1n) is 8.28. The minimum atomic E-state index is -3.01. The van der Waals surface area contributed by atoms with Crippen LogP contribution in [0.4, 0.5) is 0 Å². The molecule has 3 aliphatic rings. The van der Waals surface area contributed by atoms with E-state index in [0.29, 0.717) is 13.1 Å². The van der Waals surface area contributed by atoms with Gasteiger partial charge in [0.2, 0.25) is 10.0 Å². The van der Waals surface area contributed by atoms with Crippen molar-refractivity contribution in [1.29, 1.82) is 0 Å². The topological polar surface area (TPSA) is 53.5 Å². The summed E-state index contributed by atoms with van der Waals surface area (Å²) in [5, 5.41) is 3.39. The van der Waals surface area contributed by atoms with E-state index in [1.54, 1.807) is 15.6 Å². The predicted octanol–water partition coefficient (Wildman–Crippen LogP) is 2.02. The van der Waals surface area contributed by atoms with Crippen LogP contribution in [0.5, 0.6) is 0 Å². The number of hydrogen-bond acceptors (Lipinski definition) is 5. The second kappa shape index (κ2) is 5.85. The lowest BCUT2D eigenvalue weighted by Crippen LogP contribution is -2.37. The Labute approximate surface area is 136 Å². The zero-order valence-electron chi connectivity index (χ0n) is 12.8. The zero-order chi connectivity index (χ0) is 15.2. The Bertz CT molecular complexity index is 635. The van der Waals surface area contributed by atoms with Gasteiger partial charge in [0.25, 0.3) is 0 Å². The molecule has 1 aromatic rings. The smallest absolute Gasteiger partial charge is 0.217 e. The summed E-state index contributed by atoms with van der Waals surface area (Å²) >= 11 is 1.79. The van der Waals surface area contributed by atoms with Crippen molar-refractivity contribution >= 4 is 21.4 Å². The molecule has 1 saturated heterocycles. The van der Waals surface area contributed by atoms with Gasteiger partial charge in [0, 0.05) is 37.5 Å². The van der Waals surface area contributed by atoms with E-state index in [9.17, 15) is 8.42 Å². The van der Waals surface area contributed by atoms with E-state index in [4.69, 9.17) is 4.98 Å². The second-order valence-corrected chi connectivity index (χ2v) is 9.83. The maximum Gasteiger partial charge on any atom is 0.217 e. The summed E-state index contributed by atoms with van der Waals surface area (Å²) in [5.41, 5.74) is 1.16. The van der Waals surface area contributed by atoms with Gasteiger partial charge in [-0.15, -0.1) is 11.3 Å². The Balaban J connectivity index is 1.35. The lowest BCUT2D eigenvalue weighted by atomic mass is 10.3. The second-order valence-electron chi connectivity index (χ2n) is 6.72. The van der Waals surface area contributed by atoms with Gasteiger partial charge in [0.15, 0.2) is 0 Å². The zero-order valence-corrected chi connectivity index (χ0v) is 14.4. The molecule has 0 bridgehead atoms. The summed E-state index contributed by atoms with van der Waals surface area (Å²) in [6.45, 7) is 3.97. The molecule has 0 radical (unpaired) electrons. The van der Waals surface area contributed by atoms with Crippen molar-refractivity contribution in [2.24, 2.45) is 0 Å². The standard InChI is InChI=1S/C15H23N3O2S2/c19-22(20,14-4-5-14)18-7-1-6-17(8-9-18)10-13-11-21-15(16-13)12-2-3-12/h11-12,14H,1-10H2. The monoisotopic (exact) mass is 341 g/mol.